The molecule has 0 unspecified atom stereocenters. The van der Waals surface area contributed by atoms with E-state index in [-0.39, 0.29) is 0 Å². The van der Waals surface area contributed by atoms with Gasteiger partial charge in [-0.25, -0.2) is 15.0 Å². The zero-order valence-corrected chi connectivity index (χ0v) is 33.6. The van der Waals surface area contributed by atoms with Crippen molar-refractivity contribution in [3.8, 4) is 67.5 Å². The molecule has 4 aromatic heterocycles. The van der Waals surface area contributed by atoms with Gasteiger partial charge in [0.25, 0.3) is 0 Å². The molecule has 294 valence electrons. The highest BCUT2D eigenvalue weighted by Crippen LogP contribution is 2.43. The third-order valence-electron chi connectivity index (χ3n) is 12.2. The van der Waals surface area contributed by atoms with Gasteiger partial charge in [-0.1, -0.05) is 158 Å². The molecule has 0 amide bonds. The van der Waals surface area contributed by atoms with Gasteiger partial charge in [0, 0.05) is 54.6 Å². The number of rotatable bonds is 6. The van der Waals surface area contributed by atoms with Crippen molar-refractivity contribution >= 4 is 65.8 Å². The predicted octanol–water partition coefficient (Wildman–Crippen LogP) is 15.6. The van der Waals surface area contributed by atoms with Crippen molar-refractivity contribution in [3.05, 3.63) is 200 Å². The number of nitrogens with zero attached hydrogens (tertiary/aromatic N) is 3. The summed E-state index contributed by atoms with van der Waals surface area (Å²) in [5.41, 5.74) is 14.1. The van der Waals surface area contributed by atoms with E-state index >= 15 is 0 Å². The van der Waals surface area contributed by atoms with Crippen LogP contribution in [0.15, 0.2) is 213 Å². The van der Waals surface area contributed by atoms with Gasteiger partial charge in [-0.2, -0.15) is 0 Å². The first-order valence-electron chi connectivity index (χ1n) is 21.0. The van der Waals surface area contributed by atoms with Crippen molar-refractivity contribution in [2.75, 3.05) is 0 Å². The van der Waals surface area contributed by atoms with E-state index in [0.717, 1.165) is 116 Å². The van der Waals surface area contributed by atoms with Crippen LogP contribution in [0.4, 0.5) is 0 Å². The Balaban J connectivity index is 0.943. The molecule has 0 bridgehead atoms. The van der Waals surface area contributed by atoms with Crippen LogP contribution < -0.4 is 0 Å². The maximum atomic E-state index is 6.54. The molecule has 0 spiro atoms. The second kappa shape index (κ2) is 14.0. The molecule has 6 nitrogen and oxygen atoms in total. The number of fused-ring (bicyclic) bond motifs is 9. The molecule has 13 aromatic rings. The molecule has 9 aromatic carbocycles. The minimum absolute atomic E-state index is 0.561. The van der Waals surface area contributed by atoms with Crippen LogP contribution in [0, 0.1) is 0 Å². The predicted molar refractivity (Wildman–Crippen MR) is 254 cm³/mol. The summed E-state index contributed by atoms with van der Waals surface area (Å²) in [6.45, 7) is 0. The summed E-state index contributed by atoms with van der Waals surface area (Å²) in [7, 11) is 0. The topological polar surface area (TPSA) is 78.1 Å². The van der Waals surface area contributed by atoms with Crippen molar-refractivity contribution < 1.29 is 13.3 Å². The molecule has 0 aliphatic rings. The summed E-state index contributed by atoms with van der Waals surface area (Å²) in [4.78, 5) is 15.4. The van der Waals surface area contributed by atoms with Crippen molar-refractivity contribution in [2.45, 2.75) is 0 Å². The molecule has 0 fully saturated rings. The van der Waals surface area contributed by atoms with Gasteiger partial charge >= 0.3 is 0 Å². The number of benzene rings is 9. The molecule has 0 aliphatic carbocycles. The third kappa shape index (κ3) is 5.76. The maximum Gasteiger partial charge on any atom is 0.164 e. The van der Waals surface area contributed by atoms with Gasteiger partial charge in [-0.05, 0) is 70.3 Å². The normalized spacial score (nSPS) is 11.8. The quantitative estimate of drug-likeness (QED) is 0.166. The molecule has 0 saturated carbocycles. The van der Waals surface area contributed by atoms with Crippen LogP contribution in [-0.2, 0) is 0 Å². The van der Waals surface area contributed by atoms with Gasteiger partial charge < -0.3 is 13.3 Å². The van der Waals surface area contributed by atoms with Crippen molar-refractivity contribution in [3.63, 3.8) is 0 Å². The zero-order chi connectivity index (χ0) is 41.4. The number of aromatic nitrogens is 3. The minimum Gasteiger partial charge on any atom is -0.456 e. The Kier molecular flexibility index (Phi) is 7.80. The van der Waals surface area contributed by atoms with Crippen LogP contribution in [0.25, 0.3) is 133 Å². The summed E-state index contributed by atoms with van der Waals surface area (Å²) in [6.07, 6.45) is 0. The Morgan fingerprint density at radius 1 is 0.254 bits per heavy atom. The van der Waals surface area contributed by atoms with E-state index in [2.05, 4.69) is 127 Å². The van der Waals surface area contributed by atoms with Gasteiger partial charge in [0.2, 0.25) is 0 Å². The van der Waals surface area contributed by atoms with Crippen molar-refractivity contribution in [2.24, 2.45) is 0 Å². The molecule has 0 atom stereocenters. The minimum atomic E-state index is 0.561. The SMILES string of the molecule is c1ccc(-c2ccc3c(c2)oc2cccc(-c4ccc5oc6cccc(-c7nc(-c8ccccc8)nc(-c8ccc(-c9cccc%10c9oc9ccccc9%10)cc8)n7)c6c5c4)c23)cc1. The lowest BCUT2D eigenvalue weighted by molar-refractivity contribution is 0.669. The van der Waals surface area contributed by atoms with Crippen LogP contribution in [0.2, 0.25) is 0 Å². The smallest absolute Gasteiger partial charge is 0.164 e. The summed E-state index contributed by atoms with van der Waals surface area (Å²) < 4.78 is 19.4. The van der Waals surface area contributed by atoms with E-state index in [1.54, 1.807) is 0 Å². The van der Waals surface area contributed by atoms with Crippen LogP contribution in [0.5, 0.6) is 0 Å². The lowest BCUT2D eigenvalue weighted by Gasteiger charge is -2.10. The number of hydrogen-bond donors (Lipinski definition) is 0. The highest BCUT2D eigenvalue weighted by atomic mass is 16.3. The zero-order valence-electron chi connectivity index (χ0n) is 33.6. The van der Waals surface area contributed by atoms with Crippen LogP contribution in [-0.4, -0.2) is 15.0 Å². The summed E-state index contributed by atoms with van der Waals surface area (Å²) in [6, 6.07) is 68.6. The van der Waals surface area contributed by atoms with E-state index in [4.69, 9.17) is 28.2 Å². The van der Waals surface area contributed by atoms with Crippen molar-refractivity contribution in [1.82, 2.24) is 15.0 Å². The first-order chi connectivity index (χ1) is 31.2. The lowest BCUT2D eigenvalue weighted by Crippen LogP contribution is -2.00. The Labute approximate surface area is 360 Å². The first kappa shape index (κ1) is 35.2. The molecule has 0 radical (unpaired) electrons. The fourth-order valence-corrected chi connectivity index (χ4v) is 9.17. The molecular weight excluding hydrogens is 775 g/mol. The number of furan rings is 3. The van der Waals surface area contributed by atoms with Gasteiger partial charge in [-0.15, -0.1) is 0 Å². The summed E-state index contributed by atoms with van der Waals surface area (Å²) in [5, 5.41) is 6.27. The molecule has 63 heavy (non-hydrogen) atoms. The monoisotopic (exact) mass is 807 g/mol. The molecule has 0 aliphatic heterocycles. The summed E-state index contributed by atoms with van der Waals surface area (Å²) >= 11 is 0. The average molecular weight is 808 g/mol. The molecule has 6 heteroatoms. The van der Waals surface area contributed by atoms with Crippen molar-refractivity contribution in [1.29, 1.82) is 0 Å². The Hall–Kier alpha value is -8.61. The lowest BCUT2D eigenvalue weighted by atomic mass is 9.96. The Bertz CT molecular complexity index is 3900. The van der Waals surface area contributed by atoms with E-state index in [0.29, 0.717) is 17.5 Å². The molecule has 4 heterocycles. The maximum absolute atomic E-state index is 6.54. The van der Waals surface area contributed by atoms with Crippen LogP contribution >= 0.6 is 0 Å². The van der Waals surface area contributed by atoms with E-state index < -0.39 is 0 Å². The van der Waals surface area contributed by atoms with E-state index in [9.17, 15) is 0 Å². The highest BCUT2D eigenvalue weighted by Gasteiger charge is 2.20. The Morgan fingerprint density at radius 2 is 0.794 bits per heavy atom. The molecule has 0 saturated heterocycles. The third-order valence-corrected chi connectivity index (χ3v) is 12.2. The number of hydrogen-bond acceptors (Lipinski definition) is 6. The highest BCUT2D eigenvalue weighted by molar-refractivity contribution is 6.16. The van der Waals surface area contributed by atoms with Gasteiger partial charge in [0.15, 0.2) is 17.5 Å². The number of para-hydroxylation sites is 2. The van der Waals surface area contributed by atoms with Crippen LogP contribution in [0.1, 0.15) is 0 Å². The van der Waals surface area contributed by atoms with Gasteiger partial charge in [0.1, 0.15) is 33.5 Å². The largest absolute Gasteiger partial charge is 0.456 e. The fourth-order valence-electron chi connectivity index (χ4n) is 9.17. The second-order valence-electron chi connectivity index (χ2n) is 15.9. The standard InChI is InChI=1S/C57H33N3O3/c1-3-12-34(13-4-1)38-28-30-44-51(33-38)62-49-22-10-17-40(52(44)49)39-29-31-48-46(32-39)53-45(20-11-23-50(53)61-48)57-59-55(36-14-5-2-6-15-36)58-56(60-57)37-26-24-35(25-27-37)41-18-9-19-43-42-16-7-8-21-47(42)63-54(41)43/h1-33H. The molecule has 13 rings (SSSR count). The first-order valence-corrected chi connectivity index (χ1v) is 21.0. The van der Waals surface area contributed by atoms with E-state index in [1.165, 1.54) is 0 Å². The molecular formula is C57H33N3O3. The van der Waals surface area contributed by atoms with Gasteiger partial charge in [0.05, 0.1) is 0 Å². The average Bonchev–Trinajstić information content (AvgIpc) is 4.05. The molecule has 0 N–H and O–H groups in total. The Morgan fingerprint density at radius 3 is 1.59 bits per heavy atom. The fraction of sp³-hybridized carbons (Fsp3) is 0. The van der Waals surface area contributed by atoms with Crippen LogP contribution in [0.3, 0.4) is 0 Å². The second-order valence-corrected chi connectivity index (χ2v) is 15.9. The van der Waals surface area contributed by atoms with E-state index in [1.807, 2.05) is 72.8 Å². The summed E-state index contributed by atoms with van der Waals surface area (Å²) in [5.74, 6) is 1.73. The van der Waals surface area contributed by atoms with Gasteiger partial charge in [-0.3, -0.25) is 0 Å².